The lowest BCUT2D eigenvalue weighted by Gasteiger charge is -2.31. The lowest BCUT2D eigenvalue weighted by atomic mass is 9.92. The van der Waals surface area contributed by atoms with Crippen LogP contribution in [-0.2, 0) is 16.3 Å². The van der Waals surface area contributed by atoms with Crippen LogP contribution in [0, 0.1) is 0 Å². The molecule has 1 N–H and O–H groups in total. The van der Waals surface area contributed by atoms with Crippen molar-refractivity contribution < 1.29 is 5.21 Å². The molecule has 0 bridgehead atoms. The second kappa shape index (κ2) is 4.29. The average Bonchev–Trinajstić information content (AvgIpc) is 2.58. The minimum Gasteiger partial charge on any atom is -0.323 e. The highest BCUT2D eigenvalue weighted by Gasteiger charge is 2.51. The molecule has 2 heterocycles. The molecular formula is C17H19N2O2. The summed E-state index contributed by atoms with van der Waals surface area (Å²) in [5, 5.41) is 13.6. The lowest BCUT2D eigenvalue weighted by Crippen LogP contribution is -2.41. The first kappa shape index (κ1) is 14.0. The van der Waals surface area contributed by atoms with Gasteiger partial charge in [0.1, 0.15) is 0 Å². The fraction of sp³-hybridized carbons (Fsp3) is 0.353. The standard InChI is InChI=1S/C17H19N2O2/c1-16(2)13-10-12(11-8-6-5-7-9-11)15(20)18-14(13)17(3,4)19(16)21/h5-10H,1-4H3,(H,18,20). The summed E-state index contributed by atoms with van der Waals surface area (Å²) < 4.78 is 0. The van der Waals surface area contributed by atoms with Gasteiger partial charge in [0.15, 0.2) is 0 Å². The van der Waals surface area contributed by atoms with Crippen molar-refractivity contribution in [3.8, 4) is 11.1 Å². The van der Waals surface area contributed by atoms with Crippen molar-refractivity contribution in [2.75, 3.05) is 0 Å². The molecule has 0 fully saturated rings. The highest BCUT2D eigenvalue weighted by Crippen LogP contribution is 2.47. The van der Waals surface area contributed by atoms with Crippen molar-refractivity contribution in [3.05, 3.63) is 58.0 Å². The van der Waals surface area contributed by atoms with Gasteiger partial charge in [-0.15, -0.1) is 10.3 Å². The highest BCUT2D eigenvalue weighted by atomic mass is 16.5. The first-order chi connectivity index (χ1) is 9.76. The van der Waals surface area contributed by atoms with Crippen LogP contribution in [0.1, 0.15) is 39.0 Å². The average molecular weight is 283 g/mol. The van der Waals surface area contributed by atoms with E-state index < -0.39 is 11.1 Å². The zero-order valence-corrected chi connectivity index (χ0v) is 12.7. The topological polar surface area (TPSA) is 56.0 Å². The van der Waals surface area contributed by atoms with Crippen molar-refractivity contribution >= 4 is 0 Å². The zero-order valence-electron chi connectivity index (χ0n) is 12.7. The number of hydrogen-bond acceptors (Lipinski definition) is 2. The van der Waals surface area contributed by atoms with E-state index in [1.807, 2.05) is 64.1 Å². The molecule has 0 saturated carbocycles. The van der Waals surface area contributed by atoms with Gasteiger partial charge in [-0.3, -0.25) is 4.79 Å². The largest absolute Gasteiger partial charge is 0.323 e. The number of hydrogen-bond donors (Lipinski definition) is 1. The van der Waals surface area contributed by atoms with Crippen LogP contribution in [0.3, 0.4) is 0 Å². The van der Waals surface area contributed by atoms with E-state index in [2.05, 4.69) is 4.98 Å². The third-order valence-electron chi connectivity index (χ3n) is 4.41. The molecule has 109 valence electrons. The molecule has 2 aromatic rings. The minimum absolute atomic E-state index is 0.154. The van der Waals surface area contributed by atoms with Gasteiger partial charge in [-0.2, -0.15) is 0 Å². The fourth-order valence-electron chi connectivity index (χ4n) is 3.24. The molecule has 0 saturated heterocycles. The van der Waals surface area contributed by atoms with E-state index in [4.69, 9.17) is 0 Å². The van der Waals surface area contributed by atoms with Crippen LogP contribution in [0.25, 0.3) is 11.1 Å². The Labute approximate surface area is 124 Å². The first-order valence-electron chi connectivity index (χ1n) is 7.07. The molecule has 1 aliphatic rings. The van der Waals surface area contributed by atoms with Crippen LogP contribution in [-0.4, -0.2) is 10.0 Å². The second-order valence-corrected chi connectivity index (χ2v) is 6.58. The van der Waals surface area contributed by atoms with Crippen LogP contribution >= 0.6 is 0 Å². The van der Waals surface area contributed by atoms with Gasteiger partial charge in [0.2, 0.25) is 0 Å². The van der Waals surface area contributed by atoms with E-state index >= 15 is 0 Å². The van der Waals surface area contributed by atoms with Crippen molar-refractivity contribution in [1.82, 2.24) is 10.0 Å². The molecule has 4 heteroatoms. The summed E-state index contributed by atoms with van der Waals surface area (Å²) in [6, 6.07) is 11.4. The maximum Gasteiger partial charge on any atom is 0.256 e. The van der Waals surface area contributed by atoms with Crippen molar-refractivity contribution in [1.29, 1.82) is 0 Å². The van der Waals surface area contributed by atoms with Crippen LogP contribution in [0.2, 0.25) is 0 Å². The summed E-state index contributed by atoms with van der Waals surface area (Å²) in [7, 11) is 0. The minimum atomic E-state index is -0.729. The molecule has 1 aliphatic heterocycles. The number of fused-ring (bicyclic) bond motifs is 1. The van der Waals surface area contributed by atoms with Gasteiger partial charge in [0, 0.05) is 11.3 Å². The number of H-pyrrole nitrogens is 1. The maximum atomic E-state index is 12.6. The van der Waals surface area contributed by atoms with Gasteiger partial charge in [-0.1, -0.05) is 30.3 Å². The molecule has 1 radical (unpaired) electrons. The number of nitrogens with zero attached hydrogens (tertiary/aromatic N) is 1. The number of rotatable bonds is 1. The Morgan fingerprint density at radius 1 is 1.00 bits per heavy atom. The molecule has 0 spiro atoms. The summed E-state index contributed by atoms with van der Waals surface area (Å²) in [6.45, 7) is 7.46. The summed E-state index contributed by atoms with van der Waals surface area (Å²) >= 11 is 0. The number of hydroxylamine groups is 2. The molecule has 3 rings (SSSR count). The monoisotopic (exact) mass is 283 g/mol. The first-order valence-corrected chi connectivity index (χ1v) is 7.07. The van der Waals surface area contributed by atoms with Gasteiger partial charge in [0.05, 0.1) is 11.1 Å². The van der Waals surface area contributed by atoms with Gasteiger partial charge < -0.3 is 4.98 Å². The smallest absolute Gasteiger partial charge is 0.256 e. The van der Waals surface area contributed by atoms with Gasteiger partial charge in [0.25, 0.3) is 5.56 Å². The molecule has 1 aromatic heterocycles. The number of aromatic nitrogens is 1. The molecule has 0 amide bonds. The van der Waals surface area contributed by atoms with Crippen molar-refractivity contribution in [2.24, 2.45) is 0 Å². The Kier molecular flexibility index (Phi) is 2.87. The van der Waals surface area contributed by atoms with Gasteiger partial charge >= 0.3 is 0 Å². The van der Waals surface area contributed by atoms with Gasteiger partial charge in [-0.05, 0) is 44.9 Å². The summed E-state index contributed by atoms with van der Waals surface area (Å²) in [6.07, 6.45) is 0. The number of pyridine rings is 1. The van der Waals surface area contributed by atoms with Crippen LogP contribution < -0.4 is 5.56 Å². The van der Waals surface area contributed by atoms with Gasteiger partial charge in [-0.25, -0.2) is 0 Å². The van der Waals surface area contributed by atoms with E-state index in [0.29, 0.717) is 11.3 Å². The number of aromatic amines is 1. The predicted molar refractivity (Wildman–Crippen MR) is 81.1 cm³/mol. The molecule has 4 nitrogen and oxygen atoms in total. The van der Waals surface area contributed by atoms with E-state index in [1.165, 1.54) is 0 Å². The third-order valence-corrected chi connectivity index (χ3v) is 4.41. The quantitative estimate of drug-likeness (QED) is 0.874. The van der Waals surface area contributed by atoms with E-state index in [9.17, 15) is 10.0 Å². The van der Waals surface area contributed by atoms with Crippen LogP contribution in [0.4, 0.5) is 0 Å². The van der Waals surface area contributed by atoms with E-state index in [-0.39, 0.29) is 5.56 Å². The third kappa shape index (κ3) is 1.87. The predicted octanol–water partition coefficient (Wildman–Crippen LogP) is 3.17. The molecule has 21 heavy (non-hydrogen) atoms. The second-order valence-electron chi connectivity index (χ2n) is 6.58. The normalized spacial score (nSPS) is 19.5. The Morgan fingerprint density at radius 2 is 1.62 bits per heavy atom. The van der Waals surface area contributed by atoms with E-state index in [0.717, 1.165) is 16.2 Å². The summed E-state index contributed by atoms with van der Waals surface area (Å²) in [5.74, 6) is 0. The lowest BCUT2D eigenvalue weighted by molar-refractivity contribution is -0.266. The summed E-state index contributed by atoms with van der Waals surface area (Å²) in [5.41, 5.74) is 1.53. The zero-order chi connectivity index (χ0) is 15.4. The SMILES string of the molecule is CC1(C)c2cc(-c3ccccc3)c(=O)[nH]c2C(C)(C)N1[O]. The fourth-order valence-corrected chi connectivity index (χ4v) is 3.24. The van der Waals surface area contributed by atoms with Crippen LogP contribution in [0.5, 0.6) is 0 Å². The molecule has 0 unspecified atom stereocenters. The molecule has 0 aliphatic carbocycles. The van der Waals surface area contributed by atoms with Crippen molar-refractivity contribution in [2.45, 2.75) is 38.8 Å². The Bertz CT molecular complexity index is 745. The molecular weight excluding hydrogens is 264 g/mol. The number of nitrogens with one attached hydrogen (secondary N) is 1. The molecule has 0 atom stereocenters. The maximum absolute atomic E-state index is 12.6. The van der Waals surface area contributed by atoms with Crippen molar-refractivity contribution in [3.63, 3.8) is 0 Å². The Hall–Kier alpha value is -1.91. The number of benzene rings is 1. The Morgan fingerprint density at radius 3 is 2.24 bits per heavy atom. The van der Waals surface area contributed by atoms with E-state index in [1.54, 1.807) is 0 Å². The highest BCUT2D eigenvalue weighted by molar-refractivity contribution is 5.64. The Balaban J connectivity index is 2.29. The molecule has 1 aromatic carbocycles. The van der Waals surface area contributed by atoms with Crippen LogP contribution in [0.15, 0.2) is 41.2 Å². The summed E-state index contributed by atoms with van der Waals surface area (Å²) in [4.78, 5) is 15.3.